The topological polar surface area (TPSA) is 54.0 Å². The van der Waals surface area contributed by atoms with Gasteiger partial charge in [0.1, 0.15) is 13.2 Å². The quantitative estimate of drug-likeness (QED) is 0.132. The Bertz CT molecular complexity index is 372. The molecule has 0 aliphatic rings. The van der Waals surface area contributed by atoms with Crippen molar-refractivity contribution in [2.24, 2.45) is 0 Å². The van der Waals surface area contributed by atoms with Crippen LogP contribution in [0.25, 0.3) is 0 Å². The van der Waals surface area contributed by atoms with Crippen molar-refractivity contribution in [3.05, 3.63) is 0 Å². The van der Waals surface area contributed by atoms with E-state index in [4.69, 9.17) is 18.0 Å². The Labute approximate surface area is 178 Å². The van der Waals surface area contributed by atoms with Gasteiger partial charge >= 0.3 is 14.8 Å². The van der Waals surface area contributed by atoms with Crippen molar-refractivity contribution in [1.29, 1.82) is 0 Å². The second-order valence-electron chi connectivity index (χ2n) is 7.93. The summed E-state index contributed by atoms with van der Waals surface area (Å²) < 4.78 is 24.4. The summed E-state index contributed by atoms with van der Waals surface area (Å²) in [4.78, 5) is 11.8. The Balaban J connectivity index is 4.14. The highest BCUT2D eigenvalue weighted by molar-refractivity contribution is 7.99. The third kappa shape index (κ3) is 15.8. The fourth-order valence-electron chi connectivity index (χ4n) is 2.27. The molecule has 8 heteroatoms. The molecule has 0 atom stereocenters. The first-order valence-electron chi connectivity index (χ1n) is 10.7. The number of hydrogen-bond donors (Lipinski definition) is 0. The lowest BCUT2D eigenvalue weighted by molar-refractivity contribution is -0.870. The van der Waals surface area contributed by atoms with Crippen molar-refractivity contribution in [2.45, 2.75) is 58.9 Å². The van der Waals surface area contributed by atoms with Crippen LogP contribution >= 0.6 is 11.8 Å². The molecule has 0 saturated carbocycles. The number of hydrogen-bond acceptors (Lipinski definition) is 6. The molecule has 0 heterocycles. The molecule has 168 valence electrons. The van der Waals surface area contributed by atoms with Gasteiger partial charge in [-0.2, -0.15) is 11.8 Å². The molecule has 0 saturated heterocycles. The van der Waals surface area contributed by atoms with Crippen LogP contribution in [0.4, 0.5) is 0 Å². The first-order chi connectivity index (χ1) is 13.3. The van der Waals surface area contributed by atoms with Crippen molar-refractivity contribution >= 4 is 26.5 Å². The van der Waals surface area contributed by atoms with E-state index in [1.54, 1.807) is 11.8 Å². The average molecular weight is 439 g/mol. The van der Waals surface area contributed by atoms with Gasteiger partial charge in [-0.1, -0.05) is 20.8 Å². The highest BCUT2D eigenvalue weighted by Gasteiger charge is 2.40. The third-order valence-electron chi connectivity index (χ3n) is 3.83. The molecular formula is C20H44NO5SSi+. The number of ether oxygens (including phenoxy) is 1. The zero-order chi connectivity index (χ0) is 21.3. The van der Waals surface area contributed by atoms with E-state index in [2.05, 4.69) is 41.9 Å². The summed E-state index contributed by atoms with van der Waals surface area (Å²) in [6, 6.07) is 0.841. The van der Waals surface area contributed by atoms with Gasteiger partial charge < -0.3 is 22.5 Å². The number of nitrogens with zero attached hydrogens (tertiary/aromatic N) is 1. The van der Waals surface area contributed by atoms with Crippen LogP contribution in [0.2, 0.25) is 6.04 Å². The van der Waals surface area contributed by atoms with Gasteiger partial charge in [0, 0.05) is 31.6 Å². The fourth-order valence-corrected chi connectivity index (χ4v) is 6.23. The molecule has 0 amide bonds. The minimum absolute atomic E-state index is 0.103. The Morgan fingerprint density at radius 2 is 1.39 bits per heavy atom. The first kappa shape index (κ1) is 27.9. The molecule has 0 unspecified atom stereocenters. The molecule has 0 N–H and O–H groups in total. The molecule has 6 nitrogen and oxygen atoms in total. The standard InChI is InChI=1S/C20H44NO5SSi/c1-7-13-24-28(25-14-8-2,26-15-9-3)19-10-17-27-18-11-20(22)23-16-12-21(4,5)6/h7-19H2,1-6H3/q+1. The molecule has 0 bridgehead atoms. The molecule has 0 aliphatic carbocycles. The zero-order valence-electron chi connectivity index (χ0n) is 19.1. The summed E-state index contributed by atoms with van der Waals surface area (Å²) in [6.45, 7) is 9.69. The molecule has 0 rings (SSSR count). The highest BCUT2D eigenvalue weighted by Crippen LogP contribution is 2.21. The molecule has 0 spiro atoms. The maximum absolute atomic E-state index is 11.8. The van der Waals surface area contributed by atoms with Gasteiger partial charge in [0.15, 0.2) is 0 Å². The Kier molecular flexibility index (Phi) is 16.6. The van der Waals surface area contributed by atoms with E-state index in [0.717, 1.165) is 54.3 Å². The van der Waals surface area contributed by atoms with Crippen molar-refractivity contribution in [3.63, 3.8) is 0 Å². The minimum Gasteiger partial charge on any atom is -0.460 e. The van der Waals surface area contributed by atoms with E-state index in [1.807, 2.05) is 0 Å². The summed E-state index contributed by atoms with van der Waals surface area (Å²) in [5.41, 5.74) is 0. The van der Waals surface area contributed by atoms with Crippen LogP contribution in [-0.4, -0.2) is 84.9 Å². The van der Waals surface area contributed by atoms with E-state index in [1.165, 1.54) is 0 Å². The summed E-state index contributed by atoms with van der Waals surface area (Å²) in [5, 5.41) is 0. The summed E-state index contributed by atoms with van der Waals surface area (Å²) >= 11 is 1.78. The average Bonchev–Trinajstić information content (AvgIpc) is 2.64. The molecule has 28 heavy (non-hydrogen) atoms. The van der Waals surface area contributed by atoms with Crippen LogP contribution in [0.3, 0.4) is 0 Å². The predicted molar refractivity (Wildman–Crippen MR) is 120 cm³/mol. The van der Waals surface area contributed by atoms with Gasteiger partial charge in [-0.25, -0.2) is 0 Å². The van der Waals surface area contributed by atoms with Crippen LogP contribution in [0, 0.1) is 0 Å². The predicted octanol–water partition coefficient (Wildman–Crippen LogP) is 3.97. The maximum atomic E-state index is 11.8. The zero-order valence-corrected chi connectivity index (χ0v) is 20.9. The normalized spacial score (nSPS) is 12.4. The SMILES string of the molecule is CCCO[Si](CCCSCCC(=O)OCC[N+](C)(C)C)(OCCC)OCCC. The van der Waals surface area contributed by atoms with Crippen LogP contribution < -0.4 is 0 Å². The molecule has 0 aromatic heterocycles. The molecule has 0 aromatic carbocycles. The van der Waals surface area contributed by atoms with Crippen molar-refractivity contribution in [1.82, 2.24) is 0 Å². The lowest BCUT2D eigenvalue weighted by Crippen LogP contribution is -2.46. The van der Waals surface area contributed by atoms with Crippen LogP contribution in [0.15, 0.2) is 0 Å². The number of thioether (sulfide) groups is 1. The van der Waals surface area contributed by atoms with E-state index in [9.17, 15) is 4.79 Å². The monoisotopic (exact) mass is 438 g/mol. The van der Waals surface area contributed by atoms with E-state index < -0.39 is 8.80 Å². The lowest BCUT2D eigenvalue weighted by Gasteiger charge is -2.29. The molecule has 0 radical (unpaired) electrons. The molecule has 0 aliphatic heterocycles. The summed E-state index contributed by atoms with van der Waals surface area (Å²) in [6.07, 6.45) is 4.33. The van der Waals surface area contributed by atoms with E-state index >= 15 is 0 Å². The van der Waals surface area contributed by atoms with E-state index in [-0.39, 0.29) is 5.97 Å². The number of esters is 1. The number of carbonyl (C=O) groups excluding carboxylic acids is 1. The second-order valence-corrected chi connectivity index (χ2v) is 11.9. The number of carbonyl (C=O) groups is 1. The molecule has 0 fully saturated rings. The third-order valence-corrected chi connectivity index (χ3v) is 7.79. The Morgan fingerprint density at radius 1 is 0.857 bits per heavy atom. The maximum Gasteiger partial charge on any atom is 0.500 e. The van der Waals surface area contributed by atoms with E-state index in [0.29, 0.717) is 32.8 Å². The minimum atomic E-state index is -2.58. The van der Waals surface area contributed by atoms with Gasteiger partial charge in [0.05, 0.1) is 27.6 Å². The van der Waals surface area contributed by atoms with Gasteiger partial charge in [-0.3, -0.25) is 4.79 Å². The van der Waals surface area contributed by atoms with Crippen molar-refractivity contribution in [2.75, 3.05) is 65.6 Å². The number of rotatable bonds is 19. The van der Waals surface area contributed by atoms with Gasteiger partial charge in [0.25, 0.3) is 0 Å². The highest BCUT2D eigenvalue weighted by atomic mass is 32.2. The van der Waals surface area contributed by atoms with Crippen molar-refractivity contribution < 1.29 is 27.3 Å². The Hall–Kier alpha value is -0.123. The number of quaternary nitrogens is 1. The number of likely N-dealkylation sites (N-methyl/N-ethyl adjacent to an activating group) is 1. The molecular weight excluding hydrogens is 394 g/mol. The second kappa shape index (κ2) is 16.7. The van der Waals surface area contributed by atoms with Crippen LogP contribution in [-0.2, 0) is 22.8 Å². The fraction of sp³-hybridized carbons (Fsp3) is 0.950. The first-order valence-corrected chi connectivity index (χ1v) is 13.8. The Morgan fingerprint density at radius 3 is 1.86 bits per heavy atom. The van der Waals surface area contributed by atoms with Crippen LogP contribution in [0.1, 0.15) is 52.9 Å². The van der Waals surface area contributed by atoms with Gasteiger partial charge in [-0.05, 0) is 31.4 Å². The largest absolute Gasteiger partial charge is 0.500 e. The smallest absolute Gasteiger partial charge is 0.460 e. The lowest BCUT2D eigenvalue weighted by atomic mass is 10.5. The summed E-state index contributed by atoms with van der Waals surface area (Å²) in [7, 11) is 3.68. The summed E-state index contributed by atoms with van der Waals surface area (Å²) in [5.74, 6) is 1.66. The molecule has 0 aromatic rings. The van der Waals surface area contributed by atoms with Gasteiger partial charge in [0.2, 0.25) is 0 Å². The van der Waals surface area contributed by atoms with Crippen LogP contribution in [0.5, 0.6) is 0 Å². The van der Waals surface area contributed by atoms with Gasteiger partial charge in [-0.15, -0.1) is 0 Å². The van der Waals surface area contributed by atoms with Crippen molar-refractivity contribution in [3.8, 4) is 0 Å².